The Morgan fingerprint density at radius 3 is 1.92 bits per heavy atom. The maximum absolute atomic E-state index is 4.41. The predicted molar refractivity (Wildman–Crippen MR) is 152 cm³/mol. The molecule has 0 radical (unpaired) electrons. The molecule has 0 aliphatic rings. The van der Waals surface area contributed by atoms with Gasteiger partial charge in [-0.25, -0.2) is 4.98 Å². The van der Waals surface area contributed by atoms with E-state index in [0.717, 1.165) is 11.4 Å². The van der Waals surface area contributed by atoms with Gasteiger partial charge in [0.15, 0.2) is 0 Å². The zero-order chi connectivity index (χ0) is 24.1. The number of hydrogen-bond acceptors (Lipinski definition) is 1. The Labute approximate surface area is 209 Å². The number of imidazole rings is 1. The number of fused-ring (bicyclic) bond motifs is 3. The molecule has 1 heterocycles. The Bertz CT molecular complexity index is 1880. The molecule has 0 bridgehead atoms. The van der Waals surface area contributed by atoms with Crippen LogP contribution in [0.4, 0.5) is 0 Å². The monoisotopic (exact) mass is 460 g/mol. The second kappa shape index (κ2) is 8.21. The van der Waals surface area contributed by atoms with Crippen molar-refractivity contribution in [2.45, 2.75) is 6.92 Å². The highest BCUT2D eigenvalue weighted by Gasteiger charge is 2.17. The quantitative estimate of drug-likeness (QED) is 0.262. The number of aromatic amines is 1. The number of aryl methyl sites for hydroxylation is 1. The highest BCUT2D eigenvalue weighted by atomic mass is 14.9. The van der Waals surface area contributed by atoms with Crippen LogP contribution in [-0.4, -0.2) is 9.97 Å². The third kappa shape index (κ3) is 3.30. The fraction of sp³-hybridized carbons (Fsp3) is 0.0294. The molecular formula is C34H24N2. The van der Waals surface area contributed by atoms with E-state index in [2.05, 4.69) is 126 Å². The van der Waals surface area contributed by atoms with Crippen molar-refractivity contribution in [1.82, 2.24) is 9.97 Å². The molecule has 0 saturated heterocycles. The van der Waals surface area contributed by atoms with Crippen LogP contribution in [0.25, 0.3) is 66.0 Å². The van der Waals surface area contributed by atoms with Crippen LogP contribution in [0, 0.1) is 6.92 Å². The smallest absolute Gasteiger partial charge is 0.137 e. The third-order valence-corrected chi connectivity index (χ3v) is 7.16. The Morgan fingerprint density at radius 2 is 1.17 bits per heavy atom. The molecule has 2 nitrogen and oxygen atoms in total. The van der Waals surface area contributed by atoms with Gasteiger partial charge in [-0.3, -0.25) is 0 Å². The molecule has 1 aromatic heterocycles. The number of nitrogens with zero attached hydrogens (tertiary/aromatic N) is 1. The number of H-pyrrole nitrogens is 1. The Kier molecular flexibility index (Phi) is 4.71. The second-order valence-corrected chi connectivity index (χ2v) is 9.42. The third-order valence-electron chi connectivity index (χ3n) is 7.16. The van der Waals surface area contributed by atoms with Crippen molar-refractivity contribution in [3.05, 3.63) is 127 Å². The predicted octanol–water partition coefficient (Wildman–Crippen LogP) is 9.18. The summed E-state index contributed by atoms with van der Waals surface area (Å²) in [5, 5.41) is 7.62. The standard InChI is InChI=1S/C34H24N2/c1-22-10-17-30-31(20-22)32(24-12-14-25(15-13-24)34-35-18-19-36-34)28-8-4-5-9-29(28)33(30)27-16-11-23-6-2-3-7-26(23)21-27/h2-21H,1H3,(H,35,36). The summed E-state index contributed by atoms with van der Waals surface area (Å²) in [7, 11) is 0. The molecule has 7 rings (SSSR count). The summed E-state index contributed by atoms with van der Waals surface area (Å²) in [6.45, 7) is 2.17. The number of benzene rings is 6. The van der Waals surface area contributed by atoms with Gasteiger partial charge in [-0.15, -0.1) is 0 Å². The van der Waals surface area contributed by atoms with Gasteiger partial charge in [0, 0.05) is 18.0 Å². The molecule has 0 fully saturated rings. The van der Waals surface area contributed by atoms with E-state index in [1.807, 2.05) is 6.20 Å². The summed E-state index contributed by atoms with van der Waals surface area (Å²) in [6, 6.07) is 39.8. The lowest BCUT2D eigenvalue weighted by molar-refractivity contribution is 1.31. The number of rotatable bonds is 3. The SMILES string of the molecule is Cc1ccc2c(-c3ccc4ccccc4c3)c3ccccc3c(-c3ccc(-c4ncc[nH]4)cc3)c2c1. The lowest BCUT2D eigenvalue weighted by atomic mass is 9.85. The van der Waals surface area contributed by atoms with Gasteiger partial charge in [0.25, 0.3) is 0 Å². The summed E-state index contributed by atoms with van der Waals surface area (Å²) < 4.78 is 0. The van der Waals surface area contributed by atoms with E-state index in [0.29, 0.717) is 0 Å². The summed E-state index contributed by atoms with van der Waals surface area (Å²) in [5.41, 5.74) is 7.37. The van der Waals surface area contributed by atoms with Gasteiger partial charge >= 0.3 is 0 Å². The fourth-order valence-electron chi connectivity index (χ4n) is 5.48. The van der Waals surface area contributed by atoms with Crippen molar-refractivity contribution >= 4 is 32.3 Å². The first-order chi connectivity index (χ1) is 17.8. The molecule has 0 amide bonds. The average molecular weight is 461 g/mol. The zero-order valence-electron chi connectivity index (χ0n) is 20.0. The maximum atomic E-state index is 4.41. The fourth-order valence-corrected chi connectivity index (χ4v) is 5.48. The first kappa shape index (κ1) is 20.7. The summed E-state index contributed by atoms with van der Waals surface area (Å²) >= 11 is 0. The van der Waals surface area contributed by atoms with Gasteiger partial charge in [0.1, 0.15) is 5.82 Å². The van der Waals surface area contributed by atoms with Gasteiger partial charge in [0.05, 0.1) is 0 Å². The minimum Gasteiger partial charge on any atom is -0.345 e. The van der Waals surface area contributed by atoms with E-state index < -0.39 is 0 Å². The number of nitrogens with one attached hydrogen (secondary N) is 1. The van der Waals surface area contributed by atoms with Crippen LogP contribution in [-0.2, 0) is 0 Å². The van der Waals surface area contributed by atoms with E-state index in [-0.39, 0.29) is 0 Å². The molecule has 0 aliphatic carbocycles. The van der Waals surface area contributed by atoms with E-state index >= 15 is 0 Å². The minimum absolute atomic E-state index is 0.888. The lowest BCUT2D eigenvalue weighted by Crippen LogP contribution is -1.92. The van der Waals surface area contributed by atoms with Crippen LogP contribution < -0.4 is 0 Å². The summed E-state index contributed by atoms with van der Waals surface area (Å²) in [4.78, 5) is 7.62. The van der Waals surface area contributed by atoms with Crippen LogP contribution in [0.2, 0.25) is 0 Å². The Morgan fingerprint density at radius 1 is 0.528 bits per heavy atom. The van der Waals surface area contributed by atoms with Crippen LogP contribution in [0.5, 0.6) is 0 Å². The summed E-state index contributed by atoms with van der Waals surface area (Å²) in [5.74, 6) is 0.888. The van der Waals surface area contributed by atoms with Crippen molar-refractivity contribution in [3.63, 3.8) is 0 Å². The molecule has 0 atom stereocenters. The molecule has 0 unspecified atom stereocenters. The molecule has 1 N–H and O–H groups in total. The highest BCUT2D eigenvalue weighted by molar-refractivity contribution is 6.21. The van der Waals surface area contributed by atoms with Crippen LogP contribution in [0.1, 0.15) is 5.56 Å². The largest absolute Gasteiger partial charge is 0.345 e. The lowest BCUT2D eigenvalue weighted by Gasteiger charge is -2.18. The molecule has 6 aromatic carbocycles. The first-order valence-electron chi connectivity index (χ1n) is 12.3. The second-order valence-electron chi connectivity index (χ2n) is 9.42. The first-order valence-corrected chi connectivity index (χ1v) is 12.3. The molecular weight excluding hydrogens is 436 g/mol. The minimum atomic E-state index is 0.888. The molecule has 36 heavy (non-hydrogen) atoms. The average Bonchev–Trinajstić information content (AvgIpc) is 3.47. The van der Waals surface area contributed by atoms with Crippen molar-refractivity contribution in [1.29, 1.82) is 0 Å². The van der Waals surface area contributed by atoms with E-state index in [4.69, 9.17) is 0 Å². The van der Waals surface area contributed by atoms with Crippen LogP contribution in [0.15, 0.2) is 122 Å². The molecule has 0 saturated carbocycles. The molecule has 0 aliphatic heterocycles. The van der Waals surface area contributed by atoms with Crippen molar-refractivity contribution in [2.75, 3.05) is 0 Å². The van der Waals surface area contributed by atoms with Gasteiger partial charge in [-0.1, -0.05) is 109 Å². The van der Waals surface area contributed by atoms with Crippen molar-refractivity contribution in [2.24, 2.45) is 0 Å². The van der Waals surface area contributed by atoms with E-state index in [9.17, 15) is 0 Å². The molecule has 7 aromatic rings. The highest BCUT2D eigenvalue weighted by Crippen LogP contribution is 2.44. The zero-order valence-corrected chi connectivity index (χ0v) is 20.0. The topological polar surface area (TPSA) is 28.7 Å². The van der Waals surface area contributed by atoms with Gasteiger partial charge in [0.2, 0.25) is 0 Å². The van der Waals surface area contributed by atoms with E-state index in [1.54, 1.807) is 6.20 Å². The Balaban J connectivity index is 1.54. The number of hydrogen-bond donors (Lipinski definition) is 1. The van der Waals surface area contributed by atoms with Gasteiger partial charge in [-0.05, 0) is 67.6 Å². The summed E-state index contributed by atoms with van der Waals surface area (Å²) in [6.07, 6.45) is 3.65. The maximum Gasteiger partial charge on any atom is 0.137 e. The molecule has 2 heteroatoms. The van der Waals surface area contributed by atoms with Crippen molar-refractivity contribution in [3.8, 4) is 33.6 Å². The van der Waals surface area contributed by atoms with Crippen LogP contribution in [0.3, 0.4) is 0 Å². The van der Waals surface area contributed by atoms with Gasteiger partial charge < -0.3 is 4.98 Å². The normalized spacial score (nSPS) is 11.5. The molecule has 170 valence electrons. The Hall–Kier alpha value is -4.69. The van der Waals surface area contributed by atoms with Gasteiger partial charge in [-0.2, -0.15) is 0 Å². The number of aromatic nitrogens is 2. The molecule has 0 spiro atoms. The van der Waals surface area contributed by atoms with Crippen molar-refractivity contribution < 1.29 is 0 Å². The van der Waals surface area contributed by atoms with E-state index in [1.165, 1.54) is 60.1 Å². The van der Waals surface area contributed by atoms with Crippen LogP contribution >= 0.6 is 0 Å².